The van der Waals surface area contributed by atoms with Gasteiger partial charge in [0.25, 0.3) is 5.56 Å². The number of carbonyl (C=O) groups is 1. The van der Waals surface area contributed by atoms with Gasteiger partial charge in [-0.15, -0.1) is 0 Å². The van der Waals surface area contributed by atoms with Gasteiger partial charge in [0, 0.05) is 17.3 Å². The molecule has 1 unspecified atom stereocenters. The Hall–Kier alpha value is -2.64. The number of aryl methyl sites for hydroxylation is 1. The van der Waals surface area contributed by atoms with Crippen LogP contribution >= 0.6 is 23.4 Å². The molecule has 0 spiro atoms. The number of nitrogens with one attached hydrogen (secondary N) is 1. The lowest BCUT2D eigenvalue weighted by Crippen LogP contribution is -2.31. The molecule has 1 N–H and O–H groups in total. The summed E-state index contributed by atoms with van der Waals surface area (Å²) in [6.07, 6.45) is 1.68. The van der Waals surface area contributed by atoms with Crippen molar-refractivity contribution in [3.05, 3.63) is 81.4 Å². The Morgan fingerprint density at radius 3 is 2.79 bits per heavy atom. The molecule has 0 aliphatic heterocycles. The number of nitrogens with zero attached hydrogens (tertiary/aromatic N) is 3. The van der Waals surface area contributed by atoms with Gasteiger partial charge in [0.15, 0.2) is 0 Å². The van der Waals surface area contributed by atoms with Gasteiger partial charge in [-0.3, -0.25) is 14.6 Å². The molecular weight excluding hydrogens is 396 g/mol. The molecule has 0 saturated heterocycles. The number of halogens is 1. The van der Waals surface area contributed by atoms with Crippen LogP contribution in [0.2, 0.25) is 5.02 Å². The van der Waals surface area contributed by atoms with Crippen LogP contribution in [0, 0.1) is 6.92 Å². The van der Waals surface area contributed by atoms with Crippen molar-refractivity contribution >= 4 is 29.3 Å². The van der Waals surface area contributed by atoms with E-state index in [0.29, 0.717) is 22.3 Å². The number of aromatic nitrogens is 3. The van der Waals surface area contributed by atoms with Crippen molar-refractivity contribution < 1.29 is 4.79 Å². The van der Waals surface area contributed by atoms with Crippen molar-refractivity contribution in [2.24, 2.45) is 0 Å². The topological polar surface area (TPSA) is 76.9 Å². The number of carbonyl (C=O) groups excluding carboxylic acids is 1. The Balaban J connectivity index is 1.70. The van der Waals surface area contributed by atoms with E-state index >= 15 is 0 Å². The monoisotopic (exact) mass is 414 g/mol. The molecule has 1 atom stereocenters. The molecule has 0 bridgehead atoms. The fraction of sp³-hybridized carbons (Fsp3) is 0.200. The second kappa shape index (κ2) is 9.03. The number of hydrogen-bond acceptors (Lipinski definition) is 5. The number of pyridine rings is 1. The maximum Gasteiger partial charge on any atom is 0.271 e. The van der Waals surface area contributed by atoms with Gasteiger partial charge in [-0.05, 0) is 49.7 Å². The van der Waals surface area contributed by atoms with Crippen LogP contribution in [0.25, 0.3) is 5.69 Å². The third kappa shape index (κ3) is 4.99. The van der Waals surface area contributed by atoms with Crippen LogP contribution in [0.5, 0.6) is 0 Å². The summed E-state index contributed by atoms with van der Waals surface area (Å²) >= 11 is 7.44. The molecule has 2 aromatic heterocycles. The van der Waals surface area contributed by atoms with Gasteiger partial charge in [-0.25, -0.2) is 0 Å². The molecule has 2 heterocycles. The summed E-state index contributed by atoms with van der Waals surface area (Å²) in [5.41, 5.74) is 2.02. The summed E-state index contributed by atoms with van der Waals surface area (Å²) in [4.78, 5) is 28.7. The van der Waals surface area contributed by atoms with E-state index in [4.69, 9.17) is 11.6 Å². The van der Waals surface area contributed by atoms with Gasteiger partial charge in [-0.1, -0.05) is 35.5 Å². The molecule has 144 valence electrons. The molecule has 6 nitrogen and oxygen atoms in total. The van der Waals surface area contributed by atoms with Crippen molar-refractivity contribution in [3.8, 4) is 5.69 Å². The second-order valence-electron chi connectivity index (χ2n) is 6.15. The highest BCUT2D eigenvalue weighted by Crippen LogP contribution is 2.22. The Labute approximate surface area is 172 Å². The van der Waals surface area contributed by atoms with E-state index in [0.717, 1.165) is 11.3 Å². The van der Waals surface area contributed by atoms with E-state index in [1.54, 1.807) is 31.3 Å². The lowest BCUT2D eigenvalue weighted by Gasteiger charge is -2.12. The highest BCUT2D eigenvalue weighted by Gasteiger charge is 2.16. The average Bonchev–Trinajstić information content (AvgIpc) is 2.70. The Kier molecular flexibility index (Phi) is 6.49. The van der Waals surface area contributed by atoms with Crippen LogP contribution in [0.1, 0.15) is 18.2 Å². The van der Waals surface area contributed by atoms with Crippen LogP contribution in [-0.4, -0.2) is 25.9 Å². The molecule has 1 aromatic carbocycles. The van der Waals surface area contributed by atoms with Crippen molar-refractivity contribution in [2.75, 3.05) is 0 Å². The molecule has 0 fully saturated rings. The molecule has 0 radical (unpaired) electrons. The zero-order valence-corrected chi connectivity index (χ0v) is 17.0. The second-order valence-corrected chi connectivity index (χ2v) is 7.92. The average molecular weight is 415 g/mol. The highest BCUT2D eigenvalue weighted by molar-refractivity contribution is 8.00. The van der Waals surface area contributed by atoms with E-state index in [9.17, 15) is 9.59 Å². The number of rotatable bonds is 6. The smallest absolute Gasteiger partial charge is 0.271 e. The fourth-order valence-electron chi connectivity index (χ4n) is 2.41. The first kappa shape index (κ1) is 20.1. The standard InChI is InChI=1S/C20H19ClN4O2S/c1-13-6-7-16(11-17(13)21)25-19(26)9-8-18(24-25)28-14(2)20(27)23-12-15-5-3-4-10-22-15/h3-11,14H,12H2,1-2H3,(H,23,27). The van der Waals surface area contributed by atoms with E-state index in [1.807, 2.05) is 31.2 Å². The van der Waals surface area contributed by atoms with E-state index in [2.05, 4.69) is 15.4 Å². The Morgan fingerprint density at radius 2 is 2.07 bits per heavy atom. The third-order valence-corrected chi connectivity index (χ3v) is 5.45. The first-order valence-corrected chi connectivity index (χ1v) is 9.91. The zero-order valence-electron chi connectivity index (χ0n) is 15.4. The van der Waals surface area contributed by atoms with Crippen molar-refractivity contribution in [1.82, 2.24) is 20.1 Å². The van der Waals surface area contributed by atoms with Crippen LogP contribution in [0.15, 0.2) is 64.5 Å². The lowest BCUT2D eigenvalue weighted by atomic mass is 10.2. The van der Waals surface area contributed by atoms with Gasteiger partial charge in [0.2, 0.25) is 5.91 Å². The molecule has 3 rings (SSSR count). The molecule has 28 heavy (non-hydrogen) atoms. The summed E-state index contributed by atoms with van der Waals surface area (Å²) in [5, 5.41) is 7.97. The van der Waals surface area contributed by atoms with Gasteiger partial charge >= 0.3 is 0 Å². The van der Waals surface area contributed by atoms with Crippen molar-refractivity contribution in [1.29, 1.82) is 0 Å². The minimum Gasteiger partial charge on any atom is -0.349 e. The third-order valence-electron chi connectivity index (χ3n) is 4.01. The Bertz CT molecular complexity index is 1040. The van der Waals surface area contributed by atoms with Crippen LogP contribution in [-0.2, 0) is 11.3 Å². The number of hydrogen-bond donors (Lipinski definition) is 1. The van der Waals surface area contributed by atoms with Crippen molar-refractivity contribution in [3.63, 3.8) is 0 Å². The summed E-state index contributed by atoms with van der Waals surface area (Å²) in [7, 11) is 0. The predicted octanol–water partition coefficient (Wildman–Crippen LogP) is 3.39. The maximum atomic E-state index is 12.4. The largest absolute Gasteiger partial charge is 0.349 e. The molecule has 0 aliphatic rings. The normalized spacial score (nSPS) is 11.8. The molecule has 3 aromatic rings. The predicted molar refractivity (Wildman–Crippen MR) is 111 cm³/mol. The number of benzene rings is 1. The first-order valence-electron chi connectivity index (χ1n) is 8.65. The number of amides is 1. The molecule has 0 saturated carbocycles. The summed E-state index contributed by atoms with van der Waals surface area (Å²) in [5.74, 6) is -0.131. The maximum absolute atomic E-state index is 12.4. The van der Waals surface area contributed by atoms with Crippen molar-refractivity contribution in [2.45, 2.75) is 30.7 Å². The summed E-state index contributed by atoms with van der Waals surface area (Å²) in [6, 6.07) is 13.9. The van der Waals surface area contributed by atoms with E-state index in [-0.39, 0.29) is 16.7 Å². The van der Waals surface area contributed by atoms with Gasteiger partial charge < -0.3 is 5.32 Å². The zero-order chi connectivity index (χ0) is 20.1. The van der Waals surface area contributed by atoms with Crippen LogP contribution in [0.3, 0.4) is 0 Å². The molecule has 0 aliphatic carbocycles. The molecule has 1 amide bonds. The minimum absolute atomic E-state index is 0.131. The first-order chi connectivity index (χ1) is 13.4. The highest BCUT2D eigenvalue weighted by atomic mass is 35.5. The Morgan fingerprint density at radius 1 is 1.25 bits per heavy atom. The van der Waals surface area contributed by atoms with Gasteiger partial charge in [0.05, 0.1) is 23.2 Å². The summed E-state index contributed by atoms with van der Waals surface area (Å²) < 4.78 is 1.28. The molecular formula is C20H19ClN4O2S. The summed E-state index contributed by atoms with van der Waals surface area (Å²) in [6.45, 7) is 4.04. The fourth-order valence-corrected chi connectivity index (χ4v) is 3.42. The van der Waals surface area contributed by atoms with E-state index in [1.165, 1.54) is 22.5 Å². The van der Waals surface area contributed by atoms with Gasteiger partial charge in [-0.2, -0.15) is 9.78 Å². The lowest BCUT2D eigenvalue weighted by molar-refractivity contribution is -0.120. The van der Waals surface area contributed by atoms with Crippen LogP contribution in [0.4, 0.5) is 0 Å². The quantitative estimate of drug-likeness (QED) is 0.625. The van der Waals surface area contributed by atoms with Crippen LogP contribution < -0.4 is 10.9 Å². The molecule has 8 heteroatoms. The minimum atomic E-state index is -0.385. The van der Waals surface area contributed by atoms with Gasteiger partial charge in [0.1, 0.15) is 5.03 Å². The SMILES string of the molecule is Cc1ccc(-n2nc(SC(C)C(=O)NCc3ccccn3)ccc2=O)cc1Cl. The number of thioether (sulfide) groups is 1. The van der Waals surface area contributed by atoms with E-state index < -0.39 is 0 Å².